The van der Waals surface area contributed by atoms with Crippen LogP contribution in [0, 0.1) is 5.92 Å². The summed E-state index contributed by atoms with van der Waals surface area (Å²) in [6, 6.07) is 0.604. The highest BCUT2D eigenvalue weighted by Crippen LogP contribution is 2.36. The molecule has 3 nitrogen and oxygen atoms in total. The predicted molar refractivity (Wildman–Crippen MR) is 39.4 cm³/mol. The van der Waals surface area contributed by atoms with Crippen LogP contribution >= 0.6 is 0 Å². The highest BCUT2D eigenvalue weighted by Gasteiger charge is 2.39. The van der Waals surface area contributed by atoms with Gasteiger partial charge in [-0.05, 0) is 26.4 Å². The molecule has 10 heavy (non-hydrogen) atoms. The molecule has 0 aromatic carbocycles. The van der Waals surface area contributed by atoms with Crippen molar-refractivity contribution >= 4 is 5.91 Å². The second-order valence-electron chi connectivity index (χ2n) is 3.20. The Balaban J connectivity index is 2.19. The first kappa shape index (κ1) is 7.54. The molecule has 0 aliphatic heterocycles. The van der Waals surface area contributed by atoms with Crippen molar-refractivity contribution in [2.24, 2.45) is 11.7 Å². The molecule has 0 bridgehead atoms. The van der Waals surface area contributed by atoms with Gasteiger partial charge in [-0.1, -0.05) is 0 Å². The fourth-order valence-corrected chi connectivity index (χ4v) is 1.34. The number of hydrogen-bond donors (Lipinski definition) is 1. The number of carbonyl (C=O) groups excluding carboxylic acids is 1. The number of carbonyl (C=O) groups is 1. The molecule has 0 spiro atoms. The van der Waals surface area contributed by atoms with E-state index < -0.39 is 0 Å². The molecule has 0 heterocycles. The maximum absolute atomic E-state index is 10.4. The van der Waals surface area contributed by atoms with Crippen LogP contribution in [0.5, 0.6) is 0 Å². The molecule has 2 unspecified atom stereocenters. The first-order valence-electron chi connectivity index (χ1n) is 3.56. The Bertz CT molecular complexity index is 145. The zero-order valence-electron chi connectivity index (χ0n) is 6.50. The van der Waals surface area contributed by atoms with Crippen molar-refractivity contribution in [1.82, 2.24) is 4.90 Å². The molecule has 1 aliphatic carbocycles. The third-order valence-electron chi connectivity index (χ3n) is 2.01. The van der Waals surface area contributed by atoms with Crippen LogP contribution in [0.3, 0.4) is 0 Å². The Morgan fingerprint density at radius 1 is 1.70 bits per heavy atom. The molecule has 2 atom stereocenters. The molecule has 1 amide bonds. The van der Waals surface area contributed by atoms with Gasteiger partial charge in [0.25, 0.3) is 0 Å². The van der Waals surface area contributed by atoms with Crippen LogP contribution in [-0.2, 0) is 4.79 Å². The van der Waals surface area contributed by atoms with Crippen molar-refractivity contribution in [3.8, 4) is 0 Å². The molecule has 0 saturated heterocycles. The lowest BCUT2D eigenvalue weighted by atomic mass is 10.3. The summed E-state index contributed by atoms with van der Waals surface area (Å²) in [6.07, 6.45) is 1.69. The molecule has 0 aromatic heterocycles. The molecule has 1 saturated carbocycles. The van der Waals surface area contributed by atoms with Gasteiger partial charge in [-0.15, -0.1) is 0 Å². The van der Waals surface area contributed by atoms with Crippen LogP contribution in [-0.4, -0.2) is 30.9 Å². The molecular formula is C7H14N2O. The molecule has 2 N–H and O–H groups in total. The van der Waals surface area contributed by atoms with Crippen LogP contribution < -0.4 is 5.73 Å². The summed E-state index contributed by atoms with van der Waals surface area (Å²) in [5.41, 5.74) is 5.04. The number of rotatable bonds is 3. The van der Waals surface area contributed by atoms with Gasteiger partial charge < -0.3 is 10.6 Å². The summed E-state index contributed by atoms with van der Waals surface area (Å²) in [6.45, 7) is 0. The smallest absolute Gasteiger partial charge is 0.217 e. The minimum absolute atomic E-state index is 0.172. The van der Waals surface area contributed by atoms with Crippen LogP contribution in [0.2, 0.25) is 0 Å². The van der Waals surface area contributed by atoms with E-state index in [9.17, 15) is 4.79 Å². The molecular weight excluding hydrogens is 128 g/mol. The molecule has 0 aromatic rings. The Morgan fingerprint density at radius 2 is 2.30 bits per heavy atom. The highest BCUT2D eigenvalue weighted by molar-refractivity contribution is 5.74. The lowest BCUT2D eigenvalue weighted by molar-refractivity contribution is -0.118. The van der Waals surface area contributed by atoms with E-state index in [1.54, 1.807) is 0 Å². The van der Waals surface area contributed by atoms with Crippen molar-refractivity contribution in [1.29, 1.82) is 0 Å². The zero-order chi connectivity index (χ0) is 7.72. The lowest BCUT2D eigenvalue weighted by Crippen LogP contribution is -2.19. The second kappa shape index (κ2) is 2.58. The van der Waals surface area contributed by atoms with E-state index in [4.69, 9.17) is 5.73 Å². The average molecular weight is 142 g/mol. The monoisotopic (exact) mass is 142 g/mol. The minimum atomic E-state index is -0.172. The van der Waals surface area contributed by atoms with Gasteiger partial charge in [0, 0.05) is 12.5 Å². The fraction of sp³-hybridized carbons (Fsp3) is 0.857. The third-order valence-corrected chi connectivity index (χ3v) is 2.01. The minimum Gasteiger partial charge on any atom is -0.370 e. The van der Waals surface area contributed by atoms with Gasteiger partial charge >= 0.3 is 0 Å². The quantitative estimate of drug-likeness (QED) is 0.593. The van der Waals surface area contributed by atoms with Crippen molar-refractivity contribution < 1.29 is 4.79 Å². The van der Waals surface area contributed by atoms with Gasteiger partial charge in [0.1, 0.15) is 0 Å². The van der Waals surface area contributed by atoms with Gasteiger partial charge in [0.2, 0.25) is 5.91 Å². The van der Waals surface area contributed by atoms with Crippen molar-refractivity contribution in [3.63, 3.8) is 0 Å². The largest absolute Gasteiger partial charge is 0.370 e. The van der Waals surface area contributed by atoms with Gasteiger partial charge in [0.15, 0.2) is 0 Å². The van der Waals surface area contributed by atoms with Gasteiger partial charge in [-0.3, -0.25) is 4.79 Å². The van der Waals surface area contributed by atoms with E-state index in [0.717, 1.165) is 6.42 Å². The highest BCUT2D eigenvalue weighted by atomic mass is 16.1. The molecule has 3 heteroatoms. The van der Waals surface area contributed by atoms with Crippen LogP contribution in [0.25, 0.3) is 0 Å². The number of nitrogens with zero attached hydrogens (tertiary/aromatic N) is 1. The first-order valence-corrected chi connectivity index (χ1v) is 3.56. The van der Waals surface area contributed by atoms with Crippen LogP contribution in [0.15, 0.2) is 0 Å². The number of hydrogen-bond acceptors (Lipinski definition) is 2. The topological polar surface area (TPSA) is 46.3 Å². The van der Waals surface area contributed by atoms with Crippen molar-refractivity contribution in [2.75, 3.05) is 14.1 Å². The number of nitrogens with two attached hydrogens (primary N) is 1. The van der Waals surface area contributed by atoms with Crippen molar-refractivity contribution in [2.45, 2.75) is 18.9 Å². The Labute approximate surface area is 61.2 Å². The lowest BCUT2D eigenvalue weighted by Gasteiger charge is -2.06. The van der Waals surface area contributed by atoms with E-state index in [0.29, 0.717) is 18.4 Å². The van der Waals surface area contributed by atoms with Crippen molar-refractivity contribution in [3.05, 3.63) is 0 Å². The van der Waals surface area contributed by atoms with Gasteiger partial charge in [-0.25, -0.2) is 0 Å². The SMILES string of the molecule is CN(C)C1CC1CC(N)=O. The van der Waals surface area contributed by atoms with Crippen LogP contribution in [0.1, 0.15) is 12.8 Å². The molecule has 58 valence electrons. The summed E-state index contributed by atoms with van der Waals surface area (Å²) < 4.78 is 0. The Hall–Kier alpha value is -0.570. The summed E-state index contributed by atoms with van der Waals surface area (Å²) in [4.78, 5) is 12.6. The van der Waals surface area contributed by atoms with Gasteiger partial charge in [0.05, 0.1) is 0 Å². The summed E-state index contributed by atoms with van der Waals surface area (Å²) in [5, 5.41) is 0. The summed E-state index contributed by atoms with van der Waals surface area (Å²) in [7, 11) is 4.07. The standard InChI is InChI=1S/C7H14N2O/c1-9(2)6-3-5(6)4-7(8)10/h5-6H,3-4H2,1-2H3,(H2,8,10). The Morgan fingerprint density at radius 3 is 2.60 bits per heavy atom. The van der Waals surface area contributed by atoms with Gasteiger partial charge in [-0.2, -0.15) is 0 Å². The van der Waals surface area contributed by atoms with E-state index in [2.05, 4.69) is 4.90 Å². The Kier molecular flexibility index (Phi) is 1.94. The maximum Gasteiger partial charge on any atom is 0.217 e. The van der Waals surface area contributed by atoms with Crippen LogP contribution in [0.4, 0.5) is 0 Å². The second-order valence-corrected chi connectivity index (χ2v) is 3.20. The molecule has 0 radical (unpaired) electrons. The van der Waals surface area contributed by atoms with E-state index in [1.165, 1.54) is 0 Å². The fourth-order valence-electron chi connectivity index (χ4n) is 1.34. The predicted octanol–water partition coefficient (Wildman–Crippen LogP) is -0.188. The summed E-state index contributed by atoms with van der Waals surface area (Å²) in [5.74, 6) is 0.363. The first-order chi connectivity index (χ1) is 4.61. The number of amides is 1. The zero-order valence-corrected chi connectivity index (χ0v) is 6.50. The average Bonchev–Trinajstić information content (AvgIpc) is 2.43. The van der Waals surface area contributed by atoms with E-state index in [1.807, 2.05) is 14.1 Å². The molecule has 1 rings (SSSR count). The molecule has 1 aliphatic rings. The van der Waals surface area contributed by atoms with E-state index >= 15 is 0 Å². The summed E-state index contributed by atoms with van der Waals surface area (Å²) >= 11 is 0. The third kappa shape index (κ3) is 1.70. The number of primary amides is 1. The maximum atomic E-state index is 10.4. The normalized spacial score (nSPS) is 30.7. The molecule has 1 fully saturated rings. The van der Waals surface area contributed by atoms with E-state index in [-0.39, 0.29) is 5.91 Å².